The van der Waals surface area contributed by atoms with Gasteiger partial charge >= 0.3 is 18.7 Å². The molecule has 1 unspecified atom stereocenters. The van der Waals surface area contributed by atoms with Crippen molar-refractivity contribution in [2.75, 3.05) is 16.2 Å². The first kappa shape index (κ1) is 29.7. The molecule has 41 heavy (non-hydrogen) atoms. The molecule has 3 aromatic rings. The molecule has 0 saturated heterocycles. The number of halogens is 2. The number of pyridine rings is 1. The minimum absolute atomic E-state index is 0. The van der Waals surface area contributed by atoms with Gasteiger partial charge in [0.05, 0.1) is 47.7 Å². The van der Waals surface area contributed by atoms with Crippen molar-refractivity contribution in [3.05, 3.63) is 65.7 Å². The highest BCUT2D eigenvalue weighted by Gasteiger charge is 2.37. The monoisotopic (exact) mass is 596 g/mol. The number of nitrogens with one attached hydrogen (secondary N) is 2. The SMILES string of the molecule is Cc1nn(C(F)F)cc1S(=O)(=O)N1CC(NC(=O)OC(C)(C)C)Cc2ncc(NC(=O)OCc3ccccc3)cc21.[HH].[HH]. The molecule has 12 nitrogen and oxygen atoms in total. The van der Waals surface area contributed by atoms with Crippen LogP contribution in [0.2, 0.25) is 0 Å². The van der Waals surface area contributed by atoms with Crippen molar-refractivity contribution in [3.63, 3.8) is 0 Å². The second-order valence-corrected chi connectivity index (χ2v) is 12.1. The van der Waals surface area contributed by atoms with Gasteiger partial charge in [-0.25, -0.2) is 22.7 Å². The zero-order valence-corrected chi connectivity index (χ0v) is 23.6. The number of sulfonamides is 1. The second-order valence-electron chi connectivity index (χ2n) is 10.3. The molecule has 0 spiro atoms. The Bertz CT molecular complexity index is 1540. The van der Waals surface area contributed by atoms with Crippen LogP contribution < -0.4 is 14.9 Å². The standard InChI is InChI=1S/C26H30F2N6O6S.2H2/c1-16-22(14-33(32-16)23(27)28)41(37,38)34-13-19(31-25(36)40-26(2,3)4)10-20-21(34)11-18(12-29-20)30-24(35)39-15-17-8-6-5-7-9-17;;/h5-9,11-12,14,19,23H,10,13,15H2,1-4H3,(H,30,35)(H,31,36);2*1H. The van der Waals surface area contributed by atoms with Crippen LogP contribution in [0.3, 0.4) is 0 Å². The van der Waals surface area contributed by atoms with Crippen LogP contribution in [0.15, 0.2) is 53.7 Å². The van der Waals surface area contributed by atoms with Gasteiger partial charge in [0.2, 0.25) is 0 Å². The molecule has 15 heteroatoms. The maximum absolute atomic E-state index is 13.8. The van der Waals surface area contributed by atoms with Gasteiger partial charge in [-0.2, -0.15) is 13.9 Å². The predicted octanol–water partition coefficient (Wildman–Crippen LogP) is 4.87. The van der Waals surface area contributed by atoms with E-state index in [1.54, 1.807) is 45.0 Å². The van der Waals surface area contributed by atoms with E-state index >= 15 is 0 Å². The van der Waals surface area contributed by atoms with E-state index in [1.165, 1.54) is 19.2 Å². The van der Waals surface area contributed by atoms with Gasteiger partial charge in [0.1, 0.15) is 17.1 Å². The van der Waals surface area contributed by atoms with Crippen LogP contribution in [-0.2, 0) is 32.5 Å². The minimum atomic E-state index is -4.47. The van der Waals surface area contributed by atoms with Crippen molar-refractivity contribution in [1.82, 2.24) is 20.1 Å². The Kier molecular flexibility index (Phi) is 8.47. The Hall–Kier alpha value is -4.27. The topological polar surface area (TPSA) is 145 Å². The van der Waals surface area contributed by atoms with E-state index in [4.69, 9.17) is 9.47 Å². The zero-order chi connectivity index (χ0) is 29.9. The number of amides is 2. The van der Waals surface area contributed by atoms with E-state index in [1.807, 2.05) is 6.07 Å². The Morgan fingerprint density at radius 1 is 1.20 bits per heavy atom. The number of benzene rings is 1. The average molecular weight is 597 g/mol. The molecule has 1 aliphatic heterocycles. The molecule has 1 aromatic carbocycles. The summed E-state index contributed by atoms with van der Waals surface area (Å²) in [7, 11) is -4.47. The molecule has 1 aliphatic rings. The van der Waals surface area contributed by atoms with Crippen LogP contribution in [0.25, 0.3) is 0 Å². The maximum Gasteiger partial charge on any atom is 0.412 e. The van der Waals surface area contributed by atoms with Gasteiger partial charge < -0.3 is 14.8 Å². The van der Waals surface area contributed by atoms with Crippen LogP contribution in [-0.4, -0.2) is 53.6 Å². The molecule has 0 bridgehead atoms. The smallest absolute Gasteiger partial charge is 0.412 e. The molecule has 224 valence electrons. The van der Waals surface area contributed by atoms with Gasteiger partial charge in [0, 0.05) is 9.27 Å². The molecular weight excluding hydrogens is 562 g/mol. The Labute approximate surface area is 238 Å². The summed E-state index contributed by atoms with van der Waals surface area (Å²) in [5.41, 5.74) is 0.352. The first-order valence-electron chi connectivity index (χ1n) is 12.6. The second kappa shape index (κ2) is 11.7. The summed E-state index contributed by atoms with van der Waals surface area (Å²) < 4.78 is 65.9. The van der Waals surface area contributed by atoms with Crippen LogP contribution in [0.1, 0.15) is 47.1 Å². The van der Waals surface area contributed by atoms with Gasteiger partial charge in [0.15, 0.2) is 0 Å². The third kappa shape index (κ3) is 7.28. The molecule has 1 atom stereocenters. The first-order valence-corrected chi connectivity index (χ1v) is 14.0. The summed E-state index contributed by atoms with van der Waals surface area (Å²) in [5.74, 6) is 0. The normalized spacial score (nSPS) is 15.3. The van der Waals surface area contributed by atoms with Crippen molar-refractivity contribution in [3.8, 4) is 0 Å². The highest BCUT2D eigenvalue weighted by atomic mass is 32.2. The van der Waals surface area contributed by atoms with Crippen LogP contribution in [0.5, 0.6) is 0 Å². The van der Waals surface area contributed by atoms with E-state index in [0.29, 0.717) is 0 Å². The van der Waals surface area contributed by atoms with E-state index < -0.39 is 45.3 Å². The number of fused-ring (bicyclic) bond motifs is 1. The van der Waals surface area contributed by atoms with Crippen molar-refractivity contribution in [2.24, 2.45) is 0 Å². The summed E-state index contributed by atoms with van der Waals surface area (Å²) in [5, 5.41) is 8.79. The first-order chi connectivity index (χ1) is 19.2. The number of carbonyl (C=O) groups excluding carboxylic acids is 2. The number of alkyl halides is 2. The molecule has 0 fully saturated rings. The minimum Gasteiger partial charge on any atom is -0.444 e. The van der Waals surface area contributed by atoms with Gasteiger partial charge in [-0.1, -0.05) is 30.3 Å². The molecular formula is C26H34F2N6O6S. The highest BCUT2D eigenvalue weighted by Crippen LogP contribution is 2.34. The number of aryl methyl sites for hydroxylation is 1. The lowest BCUT2D eigenvalue weighted by molar-refractivity contribution is 0.0504. The van der Waals surface area contributed by atoms with Crippen LogP contribution in [0.4, 0.5) is 29.7 Å². The number of carbonyl (C=O) groups is 2. The lowest BCUT2D eigenvalue weighted by Gasteiger charge is -2.35. The predicted molar refractivity (Wildman–Crippen MR) is 148 cm³/mol. The molecule has 0 saturated carbocycles. The Balaban J connectivity index is 0.00000323. The molecule has 2 N–H and O–H groups in total. The number of anilines is 2. The third-order valence-electron chi connectivity index (χ3n) is 5.86. The fourth-order valence-corrected chi connectivity index (χ4v) is 5.82. The number of alkyl carbamates (subject to hydrolysis) is 1. The van der Waals surface area contributed by atoms with Gasteiger partial charge in [-0.3, -0.25) is 14.6 Å². The van der Waals surface area contributed by atoms with Crippen molar-refractivity contribution < 1.29 is 39.1 Å². The Morgan fingerprint density at radius 2 is 1.90 bits per heavy atom. The number of hydrogen-bond acceptors (Lipinski definition) is 8. The van der Waals surface area contributed by atoms with Crippen molar-refractivity contribution in [1.29, 1.82) is 0 Å². The summed E-state index contributed by atoms with van der Waals surface area (Å²) in [6, 6.07) is 9.63. The lowest BCUT2D eigenvalue weighted by atomic mass is 10.0. The maximum atomic E-state index is 13.8. The Morgan fingerprint density at radius 3 is 2.54 bits per heavy atom. The summed E-state index contributed by atoms with van der Waals surface area (Å²) in [6.07, 6.45) is 0.651. The van der Waals surface area contributed by atoms with Crippen LogP contribution in [0, 0.1) is 6.92 Å². The van der Waals surface area contributed by atoms with E-state index in [9.17, 15) is 26.8 Å². The van der Waals surface area contributed by atoms with E-state index in [0.717, 1.165) is 16.1 Å². The van der Waals surface area contributed by atoms with E-state index in [-0.39, 0.29) is 49.9 Å². The number of rotatable bonds is 7. The summed E-state index contributed by atoms with van der Waals surface area (Å²) >= 11 is 0. The van der Waals surface area contributed by atoms with Gasteiger partial charge in [-0.05, 0) is 39.3 Å². The molecule has 0 radical (unpaired) electrons. The lowest BCUT2D eigenvalue weighted by Crippen LogP contribution is -2.51. The highest BCUT2D eigenvalue weighted by molar-refractivity contribution is 7.92. The van der Waals surface area contributed by atoms with Crippen molar-refractivity contribution in [2.45, 2.75) is 63.8 Å². The molecule has 0 aliphatic carbocycles. The fraction of sp³-hybridized carbons (Fsp3) is 0.385. The van der Waals surface area contributed by atoms with Crippen molar-refractivity contribution >= 4 is 33.6 Å². The van der Waals surface area contributed by atoms with Crippen LogP contribution >= 0.6 is 0 Å². The quantitative estimate of drug-likeness (QED) is 0.393. The number of ether oxygens (including phenoxy) is 2. The van der Waals surface area contributed by atoms with Gasteiger partial charge in [0.25, 0.3) is 10.0 Å². The summed E-state index contributed by atoms with van der Waals surface area (Å²) in [6.45, 7) is 3.05. The molecule has 4 rings (SSSR count). The third-order valence-corrected chi connectivity index (χ3v) is 7.74. The fourth-order valence-electron chi connectivity index (χ4n) is 4.13. The number of hydrogen-bond donors (Lipinski definition) is 2. The number of aromatic nitrogens is 3. The molecule has 3 heterocycles. The molecule has 2 amide bonds. The summed E-state index contributed by atoms with van der Waals surface area (Å²) in [4.78, 5) is 28.8. The van der Waals surface area contributed by atoms with E-state index in [2.05, 4.69) is 20.7 Å². The average Bonchev–Trinajstić information content (AvgIpc) is 3.29. The zero-order valence-electron chi connectivity index (χ0n) is 22.8. The van der Waals surface area contributed by atoms with Gasteiger partial charge in [-0.15, -0.1) is 0 Å². The number of nitrogens with zero attached hydrogens (tertiary/aromatic N) is 4. The largest absolute Gasteiger partial charge is 0.444 e. The molecule has 2 aromatic heterocycles.